The van der Waals surface area contributed by atoms with E-state index in [0.29, 0.717) is 29.7 Å². The number of hydrogen-bond donors (Lipinski definition) is 0. The van der Waals surface area contributed by atoms with Gasteiger partial charge in [0, 0.05) is 11.8 Å². The van der Waals surface area contributed by atoms with Crippen LogP contribution in [0.25, 0.3) is 11.0 Å². The highest BCUT2D eigenvalue weighted by atomic mass is 16.7. The zero-order valence-electron chi connectivity index (χ0n) is 18.7. The first-order valence-electron chi connectivity index (χ1n) is 10.2. The Morgan fingerprint density at radius 1 is 1.03 bits per heavy atom. The summed E-state index contributed by atoms with van der Waals surface area (Å²) in [4.78, 5) is 29.8. The Bertz CT molecular complexity index is 1050. The third-order valence-electron chi connectivity index (χ3n) is 4.69. The highest BCUT2D eigenvalue weighted by Crippen LogP contribution is 2.28. The van der Waals surface area contributed by atoms with E-state index in [4.69, 9.17) is 14.0 Å². The lowest BCUT2D eigenvalue weighted by Gasteiger charge is -2.38. The van der Waals surface area contributed by atoms with E-state index < -0.39 is 11.1 Å². The molecule has 1 amide bonds. The number of carbonyl (C=O) groups excluding carboxylic acids is 2. The molecule has 0 aliphatic heterocycles. The second kappa shape index (κ2) is 8.94. The van der Waals surface area contributed by atoms with E-state index in [9.17, 15) is 9.59 Å². The summed E-state index contributed by atoms with van der Waals surface area (Å²) in [5.74, 6) is 0.304. The number of hydroxylamine groups is 2. The largest absolute Gasteiger partial charge is 0.461 e. The lowest BCUT2D eigenvalue weighted by molar-refractivity contribution is -0.250. The summed E-state index contributed by atoms with van der Waals surface area (Å²) in [7, 11) is 0. The molecule has 0 N–H and O–H groups in total. The van der Waals surface area contributed by atoms with Crippen molar-refractivity contribution in [3.63, 3.8) is 0 Å². The molecule has 0 atom stereocenters. The van der Waals surface area contributed by atoms with Gasteiger partial charge in [-0.3, -0.25) is 9.63 Å². The molecule has 0 unspecified atom stereocenters. The van der Waals surface area contributed by atoms with Gasteiger partial charge in [-0.2, -0.15) is 0 Å². The maximum Gasteiger partial charge on any atom is 0.338 e. The molecule has 3 aromatic rings. The lowest BCUT2D eigenvalue weighted by atomic mass is 9.98. The van der Waals surface area contributed by atoms with Crippen molar-refractivity contribution in [3.8, 4) is 0 Å². The molecule has 1 heterocycles. The summed E-state index contributed by atoms with van der Waals surface area (Å²) in [6, 6.07) is 16.6. The van der Waals surface area contributed by atoms with Crippen LogP contribution in [0.2, 0.25) is 0 Å². The van der Waals surface area contributed by atoms with Crippen molar-refractivity contribution in [1.82, 2.24) is 5.06 Å². The molecule has 31 heavy (non-hydrogen) atoms. The number of amides is 1. The van der Waals surface area contributed by atoms with Crippen LogP contribution < -0.4 is 0 Å². The van der Waals surface area contributed by atoms with Gasteiger partial charge in [0.15, 0.2) is 0 Å². The smallest absolute Gasteiger partial charge is 0.338 e. The topological polar surface area (TPSA) is 69.0 Å². The number of furan rings is 1. The summed E-state index contributed by atoms with van der Waals surface area (Å²) in [6.07, 6.45) is 1.14. The molecular formula is C25H29NO5. The van der Waals surface area contributed by atoms with E-state index in [-0.39, 0.29) is 12.6 Å². The van der Waals surface area contributed by atoms with Crippen LogP contribution >= 0.6 is 0 Å². The number of ether oxygens (including phenoxy) is 1. The molecule has 0 aliphatic carbocycles. The average Bonchev–Trinajstić information content (AvgIpc) is 3.10. The summed E-state index contributed by atoms with van der Waals surface area (Å²) in [5, 5.41) is 2.13. The Hall–Kier alpha value is -3.12. The maximum atomic E-state index is 12.4. The molecular weight excluding hydrogens is 394 g/mol. The first-order valence-corrected chi connectivity index (χ1v) is 10.2. The highest BCUT2D eigenvalue weighted by molar-refractivity contribution is 5.94. The normalized spacial score (nSPS) is 12.0. The molecule has 0 bridgehead atoms. The van der Waals surface area contributed by atoms with Gasteiger partial charge < -0.3 is 9.15 Å². The van der Waals surface area contributed by atoms with Crippen LogP contribution in [-0.4, -0.2) is 28.6 Å². The third kappa shape index (κ3) is 5.95. The molecule has 1 aromatic heterocycles. The van der Waals surface area contributed by atoms with Crippen LogP contribution in [0.1, 0.15) is 56.3 Å². The molecule has 3 rings (SSSR count). The van der Waals surface area contributed by atoms with Gasteiger partial charge in [-0.1, -0.05) is 30.3 Å². The highest BCUT2D eigenvalue weighted by Gasteiger charge is 2.32. The fourth-order valence-corrected chi connectivity index (χ4v) is 3.21. The SMILES string of the molecule is CC(C)(C)ON(C=O)C(C)(C)Cc1cc2cc(C(=O)OCc3ccccc3)ccc2o1. The standard InChI is InChI=1S/C25H29NO5/c1-24(2,3)31-26(17-27)25(4,5)15-21-14-20-13-19(11-12-22(20)30-21)23(28)29-16-18-9-7-6-8-10-18/h6-14,17H,15-16H2,1-5H3. The fraction of sp³-hybridized carbons (Fsp3) is 0.360. The van der Waals surface area contributed by atoms with Crippen LogP contribution in [0, 0.1) is 0 Å². The van der Waals surface area contributed by atoms with Crippen molar-refractivity contribution in [2.45, 2.75) is 58.8 Å². The Kier molecular flexibility index (Phi) is 6.51. The minimum atomic E-state index is -0.625. The Labute approximate surface area is 182 Å². The van der Waals surface area contributed by atoms with Gasteiger partial charge in [-0.05, 0) is 64.4 Å². The molecule has 0 fully saturated rings. The van der Waals surface area contributed by atoms with Crippen LogP contribution in [0.3, 0.4) is 0 Å². The van der Waals surface area contributed by atoms with Crippen LogP contribution in [-0.2, 0) is 27.4 Å². The molecule has 0 saturated carbocycles. The first kappa shape index (κ1) is 22.6. The molecule has 0 radical (unpaired) electrons. The second-order valence-electron chi connectivity index (χ2n) is 9.15. The van der Waals surface area contributed by atoms with Crippen LogP contribution in [0.5, 0.6) is 0 Å². The number of benzene rings is 2. The van der Waals surface area contributed by atoms with Crippen LogP contribution in [0.15, 0.2) is 59.0 Å². The van der Waals surface area contributed by atoms with E-state index in [1.165, 1.54) is 5.06 Å². The number of hydrogen-bond acceptors (Lipinski definition) is 5. The summed E-state index contributed by atoms with van der Waals surface area (Å²) in [5.41, 5.74) is 0.934. The van der Waals surface area contributed by atoms with Gasteiger partial charge in [0.25, 0.3) is 0 Å². The monoisotopic (exact) mass is 423 g/mol. The minimum Gasteiger partial charge on any atom is -0.461 e. The van der Waals surface area contributed by atoms with Crippen molar-refractivity contribution in [2.75, 3.05) is 0 Å². The molecule has 2 aromatic carbocycles. The summed E-state index contributed by atoms with van der Waals surface area (Å²) in [6.45, 7) is 9.70. The van der Waals surface area contributed by atoms with E-state index in [1.54, 1.807) is 18.2 Å². The number of carbonyl (C=O) groups is 2. The minimum absolute atomic E-state index is 0.220. The molecule has 164 valence electrons. The molecule has 0 spiro atoms. The summed E-state index contributed by atoms with van der Waals surface area (Å²) >= 11 is 0. The Morgan fingerprint density at radius 3 is 2.39 bits per heavy atom. The quantitative estimate of drug-likeness (QED) is 0.279. The predicted octanol–water partition coefficient (Wildman–Crippen LogP) is 5.30. The van der Waals surface area contributed by atoms with Crippen molar-refractivity contribution < 1.29 is 23.6 Å². The zero-order valence-corrected chi connectivity index (χ0v) is 18.7. The van der Waals surface area contributed by atoms with Crippen molar-refractivity contribution >= 4 is 23.3 Å². The Morgan fingerprint density at radius 2 is 1.74 bits per heavy atom. The van der Waals surface area contributed by atoms with Gasteiger partial charge in [0.2, 0.25) is 6.41 Å². The second-order valence-corrected chi connectivity index (χ2v) is 9.15. The maximum absolute atomic E-state index is 12.4. The van der Waals surface area contributed by atoms with Gasteiger partial charge in [0.1, 0.15) is 18.0 Å². The van der Waals surface area contributed by atoms with Crippen molar-refractivity contribution in [1.29, 1.82) is 0 Å². The number of nitrogens with zero attached hydrogens (tertiary/aromatic N) is 1. The van der Waals surface area contributed by atoms with E-state index in [1.807, 2.05) is 71.0 Å². The average molecular weight is 424 g/mol. The number of fused-ring (bicyclic) bond motifs is 1. The predicted molar refractivity (Wildman–Crippen MR) is 118 cm³/mol. The zero-order chi connectivity index (χ0) is 22.6. The van der Waals surface area contributed by atoms with Gasteiger partial charge in [-0.15, -0.1) is 0 Å². The third-order valence-corrected chi connectivity index (χ3v) is 4.69. The fourth-order valence-electron chi connectivity index (χ4n) is 3.21. The van der Waals surface area contributed by atoms with E-state index in [0.717, 1.165) is 10.9 Å². The lowest BCUT2D eigenvalue weighted by Crippen LogP contribution is -2.48. The molecule has 6 nitrogen and oxygen atoms in total. The van der Waals surface area contributed by atoms with E-state index in [2.05, 4.69) is 0 Å². The Balaban J connectivity index is 1.72. The number of rotatable bonds is 8. The van der Waals surface area contributed by atoms with Gasteiger partial charge in [-0.25, -0.2) is 9.86 Å². The summed E-state index contributed by atoms with van der Waals surface area (Å²) < 4.78 is 11.4. The van der Waals surface area contributed by atoms with Gasteiger partial charge in [0.05, 0.1) is 16.7 Å². The van der Waals surface area contributed by atoms with Crippen molar-refractivity contribution in [2.24, 2.45) is 0 Å². The van der Waals surface area contributed by atoms with E-state index >= 15 is 0 Å². The molecule has 0 aliphatic rings. The number of esters is 1. The molecule has 6 heteroatoms. The first-order chi connectivity index (χ1) is 14.6. The van der Waals surface area contributed by atoms with Crippen molar-refractivity contribution in [3.05, 3.63) is 71.5 Å². The molecule has 0 saturated heterocycles. The van der Waals surface area contributed by atoms with Crippen LogP contribution in [0.4, 0.5) is 0 Å². The van der Waals surface area contributed by atoms with Gasteiger partial charge >= 0.3 is 5.97 Å².